The van der Waals surface area contributed by atoms with Crippen LogP contribution in [0.5, 0.6) is 0 Å². The molecule has 0 radical (unpaired) electrons. The Morgan fingerprint density at radius 3 is 2.60 bits per heavy atom. The quantitative estimate of drug-likeness (QED) is 0.826. The third-order valence-electron chi connectivity index (χ3n) is 1.91. The molecular weight excluding hydrogens is 207 g/mol. The van der Waals surface area contributed by atoms with E-state index in [2.05, 4.69) is 5.32 Å². The zero-order chi connectivity index (χ0) is 11.4. The summed E-state index contributed by atoms with van der Waals surface area (Å²) in [6.07, 6.45) is -3.05. The van der Waals surface area contributed by atoms with Gasteiger partial charge in [0.1, 0.15) is 5.82 Å². The fourth-order valence-corrected chi connectivity index (χ4v) is 1.14. The average Bonchev–Trinajstić information content (AvgIpc) is 2.17. The van der Waals surface area contributed by atoms with E-state index in [0.717, 1.165) is 0 Å². The lowest BCUT2D eigenvalue weighted by Gasteiger charge is -2.13. The highest BCUT2D eigenvalue weighted by Crippen LogP contribution is 2.13. The summed E-state index contributed by atoms with van der Waals surface area (Å²) in [5, 5.41) is 2.07. The minimum Gasteiger partial charge on any atom is -0.345 e. The molecule has 0 unspecified atom stereocenters. The Bertz CT molecular complexity index is 354. The summed E-state index contributed by atoms with van der Waals surface area (Å²) < 4.78 is 36.6. The van der Waals surface area contributed by atoms with E-state index >= 15 is 0 Å². The van der Waals surface area contributed by atoms with Gasteiger partial charge in [0.25, 0.3) is 5.91 Å². The second-order valence-electron chi connectivity index (χ2n) is 3.09. The van der Waals surface area contributed by atoms with Crippen LogP contribution in [0.4, 0.5) is 13.2 Å². The third kappa shape index (κ3) is 3.27. The van der Waals surface area contributed by atoms with Crippen LogP contribution in [0.1, 0.15) is 18.5 Å². The number of hydrogen-bond donors (Lipinski definition) is 1. The van der Waals surface area contributed by atoms with Crippen LogP contribution >= 0.6 is 0 Å². The predicted molar refractivity (Wildman–Crippen MR) is 49.0 cm³/mol. The standard InChI is InChI=1S/C10H10F3NO/c1-6(14-10(15)9(12)13)7-3-2-4-8(11)5-7/h2-6,9H,1H3,(H,14,15)/t6-/m0/s1. The average molecular weight is 217 g/mol. The lowest BCUT2D eigenvalue weighted by atomic mass is 10.1. The fraction of sp³-hybridized carbons (Fsp3) is 0.300. The van der Waals surface area contributed by atoms with Gasteiger partial charge in [-0.15, -0.1) is 0 Å². The smallest absolute Gasteiger partial charge is 0.315 e. The van der Waals surface area contributed by atoms with Crippen LogP contribution in [0.15, 0.2) is 24.3 Å². The van der Waals surface area contributed by atoms with Crippen molar-refractivity contribution in [1.29, 1.82) is 0 Å². The van der Waals surface area contributed by atoms with E-state index in [4.69, 9.17) is 0 Å². The summed E-state index contributed by atoms with van der Waals surface area (Å²) >= 11 is 0. The maximum Gasteiger partial charge on any atom is 0.315 e. The minimum atomic E-state index is -3.05. The second kappa shape index (κ2) is 4.82. The van der Waals surface area contributed by atoms with Crippen LogP contribution in [0.2, 0.25) is 0 Å². The van der Waals surface area contributed by atoms with Crippen LogP contribution in [0.25, 0.3) is 0 Å². The Balaban J connectivity index is 2.69. The van der Waals surface area contributed by atoms with Gasteiger partial charge in [-0.25, -0.2) is 4.39 Å². The Morgan fingerprint density at radius 1 is 1.40 bits per heavy atom. The number of carbonyl (C=O) groups is 1. The van der Waals surface area contributed by atoms with E-state index in [1.54, 1.807) is 6.07 Å². The first kappa shape index (κ1) is 11.6. The molecule has 0 bridgehead atoms. The summed E-state index contributed by atoms with van der Waals surface area (Å²) in [6.45, 7) is 1.51. The molecule has 0 aliphatic rings. The summed E-state index contributed by atoms with van der Waals surface area (Å²) in [7, 11) is 0. The molecule has 1 aromatic rings. The maximum atomic E-state index is 12.8. The van der Waals surface area contributed by atoms with Crippen molar-refractivity contribution < 1.29 is 18.0 Å². The molecule has 0 aromatic heterocycles. The van der Waals surface area contributed by atoms with Crippen molar-refractivity contribution in [2.45, 2.75) is 19.4 Å². The van der Waals surface area contributed by atoms with E-state index < -0.39 is 24.2 Å². The molecule has 0 fully saturated rings. The first-order valence-electron chi connectivity index (χ1n) is 4.34. The van der Waals surface area contributed by atoms with E-state index in [0.29, 0.717) is 5.56 Å². The molecule has 5 heteroatoms. The molecular formula is C10H10F3NO. The minimum absolute atomic E-state index is 0.448. The monoisotopic (exact) mass is 217 g/mol. The Kier molecular flexibility index (Phi) is 3.71. The predicted octanol–water partition coefficient (Wildman–Crippen LogP) is 2.27. The van der Waals surface area contributed by atoms with Gasteiger partial charge in [-0.05, 0) is 24.6 Å². The number of hydrogen-bond acceptors (Lipinski definition) is 1. The number of benzene rings is 1. The van der Waals surface area contributed by atoms with E-state index in [1.807, 2.05) is 0 Å². The van der Waals surface area contributed by atoms with E-state index in [-0.39, 0.29) is 0 Å². The Morgan fingerprint density at radius 2 is 2.07 bits per heavy atom. The number of carbonyl (C=O) groups excluding carboxylic acids is 1. The van der Waals surface area contributed by atoms with Crippen LogP contribution in [0.3, 0.4) is 0 Å². The van der Waals surface area contributed by atoms with Crippen molar-refractivity contribution in [3.63, 3.8) is 0 Å². The molecule has 2 nitrogen and oxygen atoms in total. The number of alkyl halides is 2. The molecule has 0 aliphatic heterocycles. The molecule has 0 saturated carbocycles. The van der Waals surface area contributed by atoms with Gasteiger partial charge >= 0.3 is 6.43 Å². The zero-order valence-electron chi connectivity index (χ0n) is 8.01. The summed E-state index contributed by atoms with van der Waals surface area (Å²) in [4.78, 5) is 10.7. The largest absolute Gasteiger partial charge is 0.345 e. The molecule has 15 heavy (non-hydrogen) atoms. The van der Waals surface area contributed by atoms with Gasteiger partial charge in [-0.3, -0.25) is 4.79 Å². The lowest BCUT2D eigenvalue weighted by molar-refractivity contribution is -0.132. The second-order valence-corrected chi connectivity index (χ2v) is 3.09. The number of nitrogens with one attached hydrogen (secondary N) is 1. The Hall–Kier alpha value is -1.52. The fourth-order valence-electron chi connectivity index (χ4n) is 1.14. The molecule has 1 amide bonds. The lowest BCUT2D eigenvalue weighted by Crippen LogP contribution is -2.31. The number of rotatable bonds is 3. The van der Waals surface area contributed by atoms with E-state index in [1.165, 1.54) is 25.1 Å². The highest BCUT2D eigenvalue weighted by Gasteiger charge is 2.18. The topological polar surface area (TPSA) is 29.1 Å². The van der Waals surface area contributed by atoms with Crippen LogP contribution in [0, 0.1) is 5.82 Å². The van der Waals surface area contributed by atoms with Gasteiger partial charge in [0.05, 0.1) is 6.04 Å². The molecule has 0 aliphatic carbocycles. The van der Waals surface area contributed by atoms with Gasteiger partial charge in [0, 0.05) is 0 Å². The van der Waals surface area contributed by atoms with Crippen molar-refractivity contribution in [2.75, 3.05) is 0 Å². The number of halogens is 3. The Labute approximate surface area is 85.1 Å². The van der Waals surface area contributed by atoms with Crippen LogP contribution in [-0.4, -0.2) is 12.3 Å². The van der Waals surface area contributed by atoms with Gasteiger partial charge in [0.15, 0.2) is 0 Å². The zero-order valence-corrected chi connectivity index (χ0v) is 8.01. The van der Waals surface area contributed by atoms with Gasteiger partial charge in [-0.1, -0.05) is 12.1 Å². The normalized spacial score (nSPS) is 12.6. The molecule has 1 aromatic carbocycles. The summed E-state index contributed by atoms with van der Waals surface area (Å²) in [6, 6.07) is 4.80. The molecule has 1 rings (SSSR count). The summed E-state index contributed by atoms with van der Waals surface area (Å²) in [5.41, 5.74) is 0.448. The van der Waals surface area contributed by atoms with Crippen molar-refractivity contribution in [3.05, 3.63) is 35.6 Å². The molecule has 1 atom stereocenters. The maximum absolute atomic E-state index is 12.8. The number of amides is 1. The van der Waals surface area contributed by atoms with Gasteiger partial charge in [0.2, 0.25) is 0 Å². The highest BCUT2D eigenvalue weighted by atomic mass is 19.3. The van der Waals surface area contributed by atoms with E-state index in [9.17, 15) is 18.0 Å². The molecule has 1 N–H and O–H groups in total. The van der Waals surface area contributed by atoms with Gasteiger partial charge in [-0.2, -0.15) is 8.78 Å². The molecule has 0 saturated heterocycles. The third-order valence-corrected chi connectivity index (χ3v) is 1.91. The molecule has 82 valence electrons. The SMILES string of the molecule is C[C@H](NC(=O)C(F)F)c1cccc(F)c1. The van der Waals surface area contributed by atoms with Crippen LogP contribution < -0.4 is 5.32 Å². The van der Waals surface area contributed by atoms with Gasteiger partial charge < -0.3 is 5.32 Å². The molecule has 0 heterocycles. The molecule has 0 spiro atoms. The van der Waals surface area contributed by atoms with Crippen molar-refractivity contribution >= 4 is 5.91 Å². The van der Waals surface area contributed by atoms with Crippen LogP contribution in [-0.2, 0) is 4.79 Å². The van der Waals surface area contributed by atoms with Crippen molar-refractivity contribution in [3.8, 4) is 0 Å². The highest BCUT2D eigenvalue weighted by molar-refractivity contribution is 5.79. The first-order chi connectivity index (χ1) is 7.00. The summed E-state index contributed by atoms with van der Waals surface area (Å²) in [5.74, 6) is -1.82. The first-order valence-corrected chi connectivity index (χ1v) is 4.34. The van der Waals surface area contributed by atoms with Crippen molar-refractivity contribution in [2.24, 2.45) is 0 Å². The van der Waals surface area contributed by atoms with Crippen molar-refractivity contribution in [1.82, 2.24) is 5.32 Å².